The molecule has 0 fully saturated rings. The van der Waals surface area contributed by atoms with Crippen molar-refractivity contribution in [2.24, 2.45) is 4.99 Å². The third kappa shape index (κ3) is 4.88. The predicted molar refractivity (Wildman–Crippen MR) is 111 cm³/mol. The van der Waals surface area contributed by atoms with Gasteiger partial charge in [0.05, 0.1) is 13.7 Å². The quantitative estimate of drug-likeness (QED) is 0.488. The molecular weight excluding hydrogens is 352 g/mol. The summed E-state index contributed by atoms with van der Waals surface area (Å²) in [6.45, 7) is 4.14. The lowest BCUT2D eigenvalue weighted by Gasteiger charge is -2.23. The highest BCUT2D eigenvalue weighted by molar-refractivity contribution is 5.79. The van der Waals surface area contributed by atoms with Crippen molar-refractivity contribution in [3.05, 3.63) is 66.0 Å². The van der Waals surface area contributed by atoms with Crippen LogP contribution in [0.25, 0.3) is 11.4 Å². The van der Waals surface area contributed by atoms with Crippen molar-refractivity contribution >= 4 is 5.96 Å². The number of hydrogen-bond donors (Lipinski definition) is 2. The second-order valence-corrected chi connectivity index (χ2v) is 6.37. The molecule has 146 valence electrons. The van der Waals surface area contributed by atoms with Crippen molar-refractivity contribution in [1.82, 2.24) is 25.4 Å². The van der Waals surface area contributed by atoms with Crippen molar-refractivity contribution in [3.63, 3.8) is 0 Å². The number of aromatic nitrogens is 3. The number of ether oxygens (including phenoxy) is 1. The van der Waals surface area contributed by atoms with Gasteiger partial charge in [-0.25, -0.2) is 9.98 Å². The maximum absolute atomic E-state index is 5.46. The van der Waals surface area contributed by atoms with Gasteiger partial charge in [0, 0.05) is 31.3 Å². The van der Waals surface area contributed by atoms with Crippen LogP contribution in [0.4, 0.5) is 0 Å². The predicted octanol–water partition coefficient (Wildman–Crippen LogP) is 3.08. The summed E-state index contributed by atoms with van der Waals surface area (Å²) >= 11 is 0. The number of nitrogens with one attached hydrogen (secondary N) is 2. The Labute approximate surface area is 165 Å². The first-order chi connectivity index (χ1) is 13.7. The number of benzene rings is 2. The Morgan fingerprint density at radius 1 is 1.21 bits per heavy atom. The minimum atomic E-state index is 0.570. The first-order valence-electron chi connectivity index (χ1n) is 9.27. The summed E-state index contributed by atoms with van der Waals surface area (Å²) in [7, 11) is 3.72. The van der Waals surface area contributed by atoms with Gasteiger partial charge in [0.15, 0.2) is 11.8 Å². The van der Waals surface area contributed by atoms with E-state index in [2.05, 4.69) is 50.5 Å². The maximum Gasteiger partial charge on any atom is 0.194 e. The van der Waals surface area contributed by atoms with Crippen LogP contribution in [0.5, 0.6) is 5.75 Å². The Bertz CT molecular complexity index is 907. The number of hydrogen-bond acceptors (Lipinski definition) is 4. The van der Waals surface area contributed by atoms with Gasteiger partial charge in [-0.3, -0.25) is 5.10 Å². The van der Waals surface area contributed by atoms with Crippen LogP contribution in [0.15, 0.2) is 59.9 Å². The van der Waals surface area contributed by atoms with Crippen molar-refractivity contribution in [1.29, 1.82) is 0 Å². The van der Waals surface area contributed by atoms with E-state index in [1.165, 1.54) is 6.33 Å². The molecule has 0 aliphatic carbocycles. The van der Waals surface area contributed by atoms with E-state index in [-0.39, 0.29) is 0 Å². The monoisotopic (exact) mass is 378 g/mol. The van der Waals surface area contributed by atoms with Crippen molar-refractivity contribution < 1.29 is 4.74 Å². The molecule has 2 aromatic carbocycles. The fourth-order valence-electron chi connectivity index (χ4n) is 2.96. The molecule has 0 amide bonds. The Morgan fingerprint density at radius 3 is 2.82 bits per heavy atom. The third-order valence-corrected chi connectivity index (χ3v) is 4.32. The largest absolute Gasteiger partial charge is 0.496 e. The van der Waals surface area contributed by atoms with E-state index in [1.807, 2.05) is 37.4 Å². The summed E-state index contributed by atoms with van der Waals surface area (Å²) in [5.74, 6) is 2.48. The number of nitrogens with zero attached hydrogens (tertiary/aromatic N) is 4. The Morgan fingerprint density at radius 2 is 2.07 bits per heavy atom. The molecule has 0 bridgehead atoms. The Kier molecular flexibility index (Phi) is 6.62. The first kappa shape index (κ1) is 19.4. The molecular formula is C21H26N6O. The molecule has 0 unspecified atom stereocenters. The van der Waals surface area contributed by atoms with Gasteiger partial charge in [-0.2, -0.15) is 5.10 Å². The highest BCUT2D eigenvalue weighted by atomic mass is 16.5. The molecule has 7 heteroatoms. The molecule has 0 atom stereocenters. The van der Waals surface area contributed by atoms with Crippen LogP contribution < -0.4 is 10.1 Å². The van der Waals surface area contributed by atoms with Crippen molar-refractivity contribution in [3.8, 4) is 17.1 Å². The van der Waals surface area contributed by atoms with E-state index < -0.39 is 0 Å². The summed E-state index contributed by atoms with van der Waals surface area (Å²) in [5.41, 5.74) is 3.22. The van der Waals surface area contributed by atoms with Crippen LogP contribution >= 0.6 is 0 Å². The highest BCUT2D eigenvalue weighted by Crippen LogP contribution is 2.19. The van der Waals surface area contributed by atoms with Gasteiger partial charge in [-0.15, -0.1) is 0 Å². The smallest absolute Gasteiger partial charge is 0.194 e. The van der Waals surface area contributed by atoms with Crippen LogP contribution in [0.3, 0.4) is 0 Å². The zero-order chi connectivity index (χ0) is 19.8. The van der Waals surface area contributed by atoms with Crippen LogP contribution in [0.1, 0.15) is 18.1 Å². The molecule has 7 nitrogen and oxygen atoms in total. The number of aliphatic imine (C=N–C) groups is 1. The summed E-state index contributed by atoms with van der Waals surface area (Å²) in [5, 5.41) is 10.2. The fraction of sp³-hybridized carbons (Fsp3) is 0.286. The topological polar surface area (TPSA) is 78.4 Å². The van der Waals surface area contributed by atoms with E-state index in [1.54, 1.807) is 7.11 Å². The molecule has 28 heavy (non-hydrogen) atoms. The average molecular weight is 378 g/mol. The average Bonchev–Trinajstić information content (AvgIpc) is 3.26. The zero-order valence-electron chi connectivity index (χ0n) is 16.5. The van der Waals surface area contributed by atoms with Gasteiger partial charge in [-0.05, 0) is 24.6 Å². The van der Waals surface area contributed by atoms with E-state index in [4.69, 9.17) is 9.73 Å². The van der Waals surface area contributed by atoms with Crippen molar-refractivity contribution in [2.45, 2.75) is 20.0 Å². The number of rotatable bonds is 7. The van der Waals surface area contributed by atoms with Gasteiger partial charge in [-0.1, -0.05) is 36.4 Å². The number of H-pyrrole nitrogens is 1. The summed E-state index contributed by atoms with van der Waals surface area (Å²) < 4.78 is 5.46. The Balaban J connectivity index is 1.74. The highest BCUT2D eigenvalue weighted by Gasteiger charge is 2.10. The second kappa shape index (κ2) is 9.55. The summed E-state index contributed by atoms with van der Waals surface area (Å²) in [6, 6.07) is 16.2. The number of methoxy groups -OCH3 is 1. The standard InChI is InChI=1S/C21H26N6O/c1-4-22-21(27(2)14-18-9-5-6-11-19(18)28-3)23-13-16-8-7-10-17(12-16)20-24-15-25-26-20/h5-12,15H,4,13-14H2,1-3H3,(H,22,23)(H,24,25,26). The molecule has 3 rings (SSSR count). The second-order valence-electron chi connectivity index (χ2n) is 6.37. The van der Waals surface area contributed by atoms with Crippen LogP contribution in [-0.4, -0.2) is 46.7 Å². The lowest BCUT2D eigenvalue weighted by atomic mass is 10.1. The molecule has 0 radical (unpaired) electrons. The normalized spacial score (nSPS) is 11.3. The van der Waals surface area contributed by atoms with Crippen LogP contribution in [0, 0.1) is 0 Å². The number of guanidine groups is 1. The lowest BCUT2D eigenvalue weighted by Crippen LogP contribution is -2.38. The van der Waals surface area contributed by atoms with Gasteiger partial charge >= 0.3 is 0 Å². The number of aromatic amines is 1. The lowest BCUT2D eigenvalue weighted by molar-refractivity contribution is 0.396. The third-order valence-electron chi connectivity index (χ3n) is 4.32. The van der Waals surface area contributed by atoms with E-state index in [9.17, 15) is 0 Å². The molecule has 0 saturated carbocycles. The fourth-order valence-corrected chi connectivity index (χ4v) is 2.96. The van der Waals surface area contributed by atoms with Gasteiger partial charge in [0.2, 0.25) is 0 Å². The first-order valence-corrected chi connectivity index (χ1v) is 9.27. The van der Waals surface area contributed by atoms with Crippen LogP contribution in [0.2, 0.25) is 0 Å². The molecule has 2 N–H and O–H groups in total. The van der Waals surface area contributed by atoms with E-state index in [0.29, 0.717) is 13.1 Å². The molecule has 0 saturated heterocycles. The van der Waals surface area contributed by atoms with Gasteiger partial charge in [0.1, 0.15) is 12.1 Å². The zero-order valence-corrected chi connectivity index (χ0v) is 16.5. The molecule has 1 heterocycles. The molecule has 1 aromatic heterocycles. The maximum atomic E-state index is 5.46. The SMILES string of the molecule is CCNC(=NCc1cccc(-c2ncn[nH]2)c1)N(C)Cc1ccccc1OC. The Hall–Kier alpha value is -3.35. The molecule has 3 aromatic rings. The minimum Gasteiger partial charge on any atom is -0.496 e. The molecule has 0 aliphatic rings. The number of para-hydroxylation sites is 1. The van der Waals surface area contributed by atoms with Gasteiger partial charge < -0.3 is 15.0 Å². The minimum absolute atomic E-state index is 0.570. The molecule has 0 spiro atoms. The van der Waals surface area contributed by atoms with Gasteiger partial charge in [0.25, 0.3) is 0 Å². The van der Waals surface area contributed by atoms with Crippen LogP contribution in [-0.2, 0) is 13.1 Å². The van der Waals surface area contributed by atoms with E-state index in [0.717, 1.165) is 40.8 Å². The summed E-state index contributed by atoms with van der Waals surface area (Å²) in [6.07, 6.45) is 1.51. The van der Waals surface area contributed by atoms with E-state index >= 15 is 0 Å². The van der Waals surface area contributed by atoms with Crippen molar-refractivity contribution in [2.75, 3.05) is 20.7 Å². The molecule has 0 aliphatic heterocycles. The summed E-state index contributed by atoms with van der Waals surface area (Å²) in [4.78, 5) is 11.1.